The third-order valence-corrected chi connectivity index (χ3v) is 2.90. The number of rotatable bonds is 5. The van der Waals surface area contributed by atoms with Crippen LogP contribution in [0.2, 0.25) is 0 Å². The summed E-state index contributed by atoms with van der Waals surface area (Å²) in [6, 6.07) is 5.66. The molecule has 0 amide bonds. The van der Waals surface area contributed by atoms with Gasteiger partial charge in [-0.25, -0.2) is 4.79 Å². The highest BCUT2D eigenvalue weighted by Gasteiger charge is 2.15. The van der Waals surface area contributed by atoms with Crippen molar-refractivity contribution < 1.29 is 14.3 Å². The van der Waals surface area contributed by atoms with E-state index in [0.717, 1.165) is 16.7 Å². The van der Waals surface area contributed by atoms with Crippen molar-refractivity contribution in [2.75, 3.05) is 13.7 Å². The third kappa shape index (κ3) is 2.47. The number of nitrogens with zero attached hydrogens (tertiary/aromatic N) is 1. The first kappa shape index (κ1) is 13.2. The van der Waals surface area contributed by atoms with Gasteiger partial charge in [-0.2, -0.15) is 0 Å². The first-order valence-corrected chi connectivity index (χ1v) is 6.16. The van der Waals surface area contributed by atoms with E-state index in [1.54, 1.807) is 12.3 Å². The molecule has 1 heterocycles. The molecule has 4 heteroatoms. The van der Waals surface area contributed by atoms with Crippen molar-refractivity contribution >= 4 is 16.9 Å². The van der Waals surface area contributed by atoms with Crippen LogP contribution in [-0.2, 0) is 11.3 Å². The summed E-state index contributed by atoms with van der Waals surface area (Å²) in [7, 11) is 1.38. The number of carbonyl (C=O) groups is 1. The van der Waals surface area contributed by atoms with Crippen molar-refractivity contribution in [1.82, 2.24) is 4.57 Å². The molecular weight excluding hydrogens is 242 g/mol. The molecule has 4 nitrogen and oxygen atoms in total. The molecule has 0 N–H and O–H groups in total. The normalized spacial score (nSPS) is 10.4. The van der Waals surface area contributed by atoms with Gasteiger partial charge in [-0.3, -0.25) is 0 Å². The van der Waals surface area contributed by atoms with Gasteiger partial charge in [0.1, 0.15) is 5.75 Å². The zero-order valence-corrected chi connectivity index (χ0v) is 11.2. The average Bonchev–Trinajstić information content (AvgIpc) is 2.77. The van der Waals surface area contributed by atoms with E-state index in [-0.39, 0.29) is 5.97 Å². The standard InChI is InChI=1S/C15H17NO3/c1-4-8-16-10-13(15(17)18-3)12-7-6-11(19-5-2)9-14(12)16/h4,6-7,9-10H,1,5,8H2,2-3H3. The lowest BCUT2D eigenvalue weighted by Gasteiger charge is -2.05. The minimum absolute atomic E-state index is 0.336. The Morgan fingerprint density at radius 2 is 2.26 bits per heavy atom. The molecule has 2 rings (SSSR count). The zero-order chi connectivity index (χ0) is 13.8. The number of hydrogen-bond acceptors (Lipinski definition) is 3. The van der Waals surface area contributed by atoms with Gasteiger partial charge in [0.2, 0.25) is 0 Å². The summed E-state index contributed by atoms with van der Waals surface area (Å²) in [5.41, 5.74) is 1.49. The van der Waals surface area contributed by atoms with Crippen LogP contribution in [0, 0.1) is 0 Å². The average molecular weight is 259 g/mol. The molecule has 1 aromatic heterocycles. The first-order chi connectivity index (χ1) is 9.21. The molecule has 0 aliphatic carbocycles. The number of hydrogen-bond donors (Lipinski definition) is 0. The summed E-state index contributed by atoms with van der Waals surface area (Å²) in [6.07, 6.45) is 3.57. The lowest BCUT2D eigenvalue weighted by atomic mass is 10.1. The van der Waals surface area contributed by atoms with E-state index in [1.807, 2.05) is 29.7 Å². The molecule has 0 radical (unpaired) electrons. The van der Waals surface area contributed by atoms with Gasteiger partial charge in [0.25, 0.3) is 0 Å². The van der Waals surface area contributed by atoms with E-state index in [4.69, 9.17) is 9.47 Å². The molecule has 100 valence electrons. The fraction of sp³-hybridized carbons (Fsp3) is 0.267. The topological polar surface area (TPSA) is 40.5 Å². The van der Waals surface area contributed by atoms with Crippen LogP contribution in [-0.4, -0.2) is 24.3 Å². The van der Waals surface area contributed by atoms with Crippen molar-refractivity contribution in [2.24, 2.45) is 0 Å². The molecule has 0 aliphatic rings. The van der Waals surface area contributed by atoms with Gasteiger partial charge in [-0.05, 0) is 19.1 Å². The van der Waals surface area contributed by atoms with Crippen LogP contribution in [0.1, 0.15) is 17.3 Å². The van der Waals surface area contributed by atoms with E-state index in [2.05, 4.69) is 6.58 Å². The van der Waals surface area contributed by atoms with Crippen molar-refractivity contribution in [3.63, 3.8) is 0 Å². The van der Waals surface area contributed by atoms with Crippen LogP contribution in [0.4, 0.5) is 0 Å². The Morgan fingerprint density at radius 1 is 1.47 bits per heavy atom. The summed E-state index contributed by atoms with van der Waals surface area (Å²) < 4.78 is 12.2. The smallest absolute Gasteiger partial charge is 0.340 e. The Balaban J connectivity index is 2.60. The molecule has 0 aliphatic heterocycles. The Labute approximate surface area is 112 Å². The predicted molar refractivity (Wildman–Crippen MR) is 74.6 cm³/mol. The summed E-state index contributed by atoms with van der Waals surface area (Å²) in [5, 5.41) is 0.858. The molecule has 2 aromatic rings. The van der Waals surface area contributed by atoms with Crippen LogP contribution in [0.15, 0.2) is 37.1 Å². The molecule has 19 heavy (non-hydrogen) atoms. The van der Waals surface area contributed by atoms with Crippen molar-refractivity contribution in [3.8, 4) is 5.75 Å². The molecule has 0 saturated heterocycles. The second-order valence-electron chi connectivity index (χ2n) is 4.09. The Kier molecular flexibility index (Phi) is 3.90. The Hall–Kier alpha value is -2.23. The van der Waals surface area contributed by atoms with Gasteiger partial charge in [0, 0.05) is 24.2 Å². The molecule has 0 fully saturated rings. The highest BCUT2D eigenvalue weighted by molar-refractivity contribution is 6.04. The largest absolute Gasteiger partial charge is 0.494 e. The number of carbonyl (C=O) groups excluding carboxylic acids is 1. The van der Waals surface area contributed by atoms with E-state index < -0.39 is 0 Å². The second-order valence-corrected chi connectivity index (χ2v) is 4.09. The number of ether oxygens (including phenoxy) is 2. The second kappa shape index (κ2) is 5.61. The van der Waals surface area contributed by atoms with Crippen LogP contribution < -0.4 is 4.74 Å². The fourth-order valence-electron chi connectivity index (χ4n) is 2.09. The number of fused-ring (bicyclic) bond motifs is 1. The maximum absolute atomic E-state index is 11.8. The van der Waals surface area contributed by atoms with Gasteiger partial charge in [0.15, 0.2) is 0 Å². The quantitative estimate of drug-likeness (QED) is 0.612. The molecule has 1 aromatic carbocycles. The molecule has 0 bridgehead atoms. The Morgan fingerprint density at radius 3 is 2.89 bits per heavy atom. The van der Waals surface area contributed by atoms with Crippen molar-refractivity contribution in [2.45, 2.75) is 13.5 Å². The van der Waals surface area contributed by atoms with Crippen molar-refractivity contribution in [3.05, 3.63) is 42.6 Å². The fourth-order valence-corrected chi connectivity index (χ4v) is 2.09. The van der Waals surface area contributed by atoms with Gasteiger partial charge >= 0.3 is 5.97 Å². The maximum atomic E-state index is 11.8. The summed E-state index contributed by atoms with van der Waals surface area (Å²) in [5.74, 6) is 0.451. The highest BCUT2D eigenvalue weighted by atomic mass is 16.5. The number of allylic oxidation sites excluding steroid dienone is 1. The summed E-state index contributed by atoms with van der Waals surface area (Å²) >= 11 is 0. The van der Waals surface area contributed by atoms with Gasteiger partial charge < -0.3 is 14.0 Å². The lowest BCUT2D eigenvalue weighted by molar-refractivity contribution is 0.0602. The Bertz CT molecular complexity index is 613. The number of aromatic nitrogens is 1. The van der Waals surface area contributed by atoms with Crippen LogP contribution in [0.5, 0.6) is 5.75 Å². The van der Waals surface area contributed by atoms with E-state index in [9.17, 15) is 4.79 Å². The molecule has 0 atom stereocenters. The van der Waals surface area contributed by atoms with Gasteiger partial charge in [-0.1, -0.05) is 6.08 Å². The lowest BCUT2D eigenvalue weighted by Crippen LogP contribution is -2.00. The summed E-state index contributed by atoms with van der Waals surface area (Å²) in [6.45, 7) is 6.90. The van der Waals surface area contributed by atoms with Crippen LogP contribution >= 0.6 is 0 Å². The highest BCUT2D eigenvalue weighted by Crippen LogP contribution is 2.26. The van der Waals surface area contributed by atoms with Gasteiger partial charge in [-0.15, -0.1) is 6.58 Å². The third-order valence-electron chi connectivity index (χ3n) is 2.90. The minimum Gasteiger partial charge on any atom is -0.494 e. The maximum Gasteiger partial charge on any atom is 0.340 e. The van der Waals surface area contributed by atoms with Gasteiger partial charge in [0.05, 0.1) is 24.8 Å². The molecule has 0 unspecified atom stereocenters. The monoisotopic (exact) mass is 259 g/mol. The van der Waals surface area contributed by atoms with E-state index in [0.29, 0.717) is 18.7 Å². The van der Waals surface area contributed by atoms with Crippen LogP contribution in [0.3, 0.4) is 0 Å². The predicted octanol–water partition coefficient (Wildman–Crippen LogP) is 3.01. The van der Waals surface area contributed by atoms with Crippen molar-refractivity contribution in [1.29, 1.82) is 0 Å². The van der Waals surface area contributed by atoms with E-state index >= 15 is 0 Å². The van der Waals surface area contributed by atoms with Crippen LogP contribution in [0.25, 0.3) is 10.9 Å². The first-order valence-electron chi connectivity index (χ1n) is 6.16. The SMILES string of the molecule is C=CCn1cc(C(=O)OC)c2ccc(OCC)cc21. The number of methoxy groups -OCH3 is 1. The minimum atomic E-state index is -0.336. The molecule has 0 spiro atoms. The summed E-state index contributed by atoms with van der Waals surface area (Å²) in [4.78, 5) is 11.8. The number of esters is 1. The molecular formula is C15H17NO3. The zero-order valence-electron chi connectivity index (χ0n) is 11.2. The van der Waals surface area contributed by atoms with E-state index in [1.165, 1.54) is 7.11 Å². The number of benzene rings is 1. The molecule has 0 saturated carbocycles.